The Labute approximate surface area is 109 Å². The first-order valence-corrected chi connectivity index (χ1v) is 7.59. The fourth-order valence-corrected chi connectivity index (χ4v) is 1.85. The molecule has 0 aromatic carbocycles. The van der Waals surface area contributed by atoms with Crippen molar-refractivity contribution in [2.45, 2.75) is 65.7 Å². The second-order valence-electron chi connectivity index (χ2n) is 5.15. The highest BCUT2D eigenvalue weighted by molar-refractivity contribution is 4.55. The molecule has 0 aromatic rings. The highest BCUT2D eigenvalue weighted by atomic mass is 16.5. The van der Waals surface area contributed by atoms with E-state index in [4.69, 9.17) is 4.74 Å². The number of hydrogen-bond acceptors (Lipinski definition) is 2. The summed E-state index contributed by atoms with van der Waals surface area (Å²) in [7, 11) is 0. The largest absolute Gasteiger partial charge is 0.381 e. The van der Waals surface area contributed by atoms with Crippen molar-refractivity contribution >= 4 is 0 Å². The molecule has 0 rings (SSSR count). The quantitative estimate of drug-likeness (QED) is 0.494. The molecule has 0 saturated heterocycles. The third-order valence-electron chi connectivity index (χ3n) is 2.96. The smallest absolute Gasteiger partial charge is 0.0503 e. The molecule has 0 bridgehead atoms. The summed E-state index contributed by atoms with van der Waals surface area (Å²) in [5.41, 5.74) is 0. The maximum Gasteiger partial charge on any atom is 0.0503 e. The summed E-state index contributed by atoms with van der Waals surface area (Å²) in [5, 5.41) is 3.43. The molecule has 0 aromatic heterocycles. The van der Waals surface area contributed by atoms with Crippen LogP contribution in [0.25, 0.3) is 0 Å². The summed E-state index contributed by atoms with van der Waals surface area (Å²) in [5.74, 6) is 0.640. The molecular weight excluding hydrogens is 210 g/mol. The average Bonchev–Trinajstić information content (AvgIpc) is 2.33. The van der Waals surface area contributed by atoms with Gasteiger partial charge in [-0.1, -0.05) is 52.9 Å². The van der Waals surface area contributed by atoms with Crippen LogP contribution in [0.4, 0.5) is 0 Å². The Morgan fingerprint density at radius 1 is 0.941 bits per heavy atom. The van der Waals surface area contributed by atoms with E-state index in [-0.39, 0.29) is 0 Å². The lowest BCUT2D eigenvalue weighted by atomic mass is 10.1. The van der Waals surface area contributed by atoms with Crippen LogP contribution in [0.15, 0.2) is 0 Å². The summed E-state index contributed by atoms with van der Waals surface area (Å²) in [6.45, 7) is 10.8. The molecule has 17 heavy (non-hydrogen) atoms. The molecule has 0 aliphatic heterocycles. The van der Waals surface area contributed by atoms with E-state index >= 15 is 0 Å². The molecule has 0 fully saturated rings. The van der Waals surface area contributed by atoms with Crippen molar-refractivity contribution in [3.8, 4) is 0 Å². The van der Waals surface area contributed by atoms with E-state index in [0.29, 0.717) is 5.92 Å². The zero-order valence-electron chi connectivity index (χ0n) is 12.3. The predicted octanol–water partition coefficient (Wildman–Crippen LogP) is 4.00. The van der Waals surface area contributed by atoms with Crippen molar-refractivity contribution in [2.24, 2.45) is 5.92 Å². The maximum atomic E-state index is 5.69. The number of hydrogen-bond donors (Lipinski definition) is 1. The van der Waals surface area contributed by atoms with Gasteiger partial charge in [0.2, 0.25) is 0 Å². The van der Waals surface area contributed by atoms with E-state index in [1.54, 1.807) is 0 Å². The van der Waals surface area contributed by atoms with Crippen molar-refractivity contribution in [2.75, 3.05) is 26.3 Å². The van der Waals surface area contributed by atoms with E-state index in [9.17, 15) is 0 Å². The Kier molecular flexibility index (Phi) is 13.9. The number of unbranched alkanes of at least 4 members (excludes halogenated alkanes) is 5. The third kappa shape index (κ3) is 13.9. The summed E-state index contributed by atoms with van der Waals surface area (Å²) in [4.78, 5) is 0. The van der Waals surface area contributed by atoms with E-state index in [2.05, 4.69) is 26.1 Å². The number of ether oxygens (including phenoxy) is 1. The molecule has 2 nitrogen and oxygen atoms in total. The Morgan fingerprint density at radius 2 is 1.65 bits per heavy atom. The topological polar surface area (TPSA) is 21.3 Å². The molecule has 1 N–H and O–H groups in total. The minimum absolute atomic E-state index is 0.640. The van der Waals surface area contributed by atoms with E-state index in [1.807, 2.05) is 0 Å². The zero-order valence-corrected chi connectivity index (χ0v) is 12.3. The Balaban J connectivity index is 3.05. The Bertz CT molecular complexity index is 139. The maximum absolute atomic E-state index is 5.69. The van der Waals surface area contributed by atoms with Gasteiger partial charge in [-0.05, 0) is 31.8 Å². The van der Waals surface area contributed by atoms with Gasteiger partial charge in [-0.25, -0.2) is 0 Å². The van der Waals surface area contributed by atoms with Crippen molar-refractivity contribution in [3.63, 3.8) is 0 Å². The Morgan fingerprint density at radius 3 is 2.35 bits per heavy atom. The molecule has 0 saturated carbocycles. The molecule has 0 aliphatic carbocycles. The van der Waals surface area contributed by atoms with Gasteiger partial charge in [0.05, 0.1) is 6.61 Å². The van der Waals surface area contributed by atoms with Gasteiger partial charge in [-0.15, -0.1) is 0 Å². The van der Waals surface area contributed by atoms with Gasteiger partial charge in [0, 0.05) is 6.61 Å². The standard InChI is InChI=1S/C15H33NO/c1-4-6-7-8-9-10-12-17-14-15(3)13-16-11-5-2/h15-16H,4-14H2,1-3H3. The summed E-state index contributed by atoms with van der Waals surface area (Å²) < 4.78 is 5.69. The molecule has 2 heteroatoms. The van der Waals surface area contributed by atoms with Gasteiger partial charge in [0.25, 0.3) is 0 Å². The molecule has 0 amide bonds. The average molecular weight is 243 g/mol. The second kappa shape index (κ2) is 14.0. The first kappa shape index (κ1) is 16.9. The molecule has 0 radical (unpaired) electrons. The van der Waals surface area contributed by atoms with Crippen molar-refractivity contribution < 1.29 is 4.74 Å². The van der Waals surface area contributed by atoms with Crippen LogP contribution in [0.2, 0.25) is 0 Å². The first-order chi connectivity index (χ1) is 8.31. The van der Waals surface area contributed by atoms with E-state index in [1.165, 1.54) is 44.9 Å². The predicted molar refractivity (Wildman–Crippen MR) is 76.5 cm³/mol. The van der Waals surface area contributed by atoms with Crippen LogP contribution in [0.3, 0.4) is 0 Å². The fraction of sp³-hybridized carbons (Fsp3) is 1.00. The summed E-state index contributed by atoms with van der Waals surface area (Å²) >= 11 is 0. The van der Waals surface area contributed by atoms with Gasteiger partial charge in [-0.2, -0.15) is 0 Å². The van der Waals surface area contributed by atoms with Crippen LogP contribution < -0.4 is 5.32 Å². The zero-order chi connectivity index (χ0) is 12.8. The molecular formula is C15H33NO. The van der Waals surface area contributed by atoms with Crippen LogP contribution in [0.5, 0.6) is 0 Å². The summed E-state index contributed by atoms with van der Waals surface area (Å²) in [6, 6.07) is 0. The monoisotopic (exact) mass is 243 g/mol. The molecule has 104 valence electrons. The molecule has 0 heterocycles. The van der Waals surface area contributed by atoms with Crippen LogP contribution in [0.1, 0.15) is 65.7 Å². The summed E-state index contributed by atoms with van der Waals surface area (Å²) in [6.07, 6.45) is 9.28. The van der Waals surface area contributed by atoms with Crippen LogP contribution in [-0.4, -0.2) is 26.3 Å². The van der Waals surface area contributed by atoms with Crippen molar-refractivity contribution in [1.29, 1.82) is 0 Å². The van der Waals surface area contributed by atoms with Crippen LogP contribution >= 0.6 is 0 Å². The van der Waals surface area contributed by atoms with Gasteiger partial charge >= 0.3 is 0 Å². The van der Waals surface area contributed by atoms with Crippen LogP contribution in [0, 0.1) is 5.92 Å². The molecule has 1 unspecified atom stereocenters. The number of nitrogens with one attached hydrogen (secondary N) is 1. The normalized spacial score (nSPS) is 12.9. The second-order valence-corrected chi connectivity index (χ2v) is 5.15. The Hall–Kier alpha value is -0.0800. The van der Waals surface area contributed by atoms with Gasteiger partial charge in [0.1, 0.15) is 0 Å². The highest BCUT2D eigenvalue weighted by Gasteiger charge is 2.00. The first-order valence-electron chi connectivity index (χ1n) is 7.59. The van der Waals surface area contributed by atoms with Gasteiger partial charge < -0.3 is 10.1 Å². The lowest BCUT2D eigenvalue weighted by molar-refractivity contribution is 0.101. The minimum Gasteiger partial charge on any atom is -0.381 e. The highest BCUT2D eigenvalue weighted by Crippen LogP contribution is 2.05. The van der Waals surface area contributed by atoms with Gasteiger partial charge in [-0.3, -0.25) is 0 Å². The van der Waals surface area contributed by atoms with Crippen molar-refractivity contribution in [1.82, 2.24) is 5.32 Å². The van der Waals surface area contributed by atoms with E-state index in [0.717, 1.165) is 26.3 Å². The van der Waals surface area contributed by atoms with Gasteiger partial charge in [0.15, 0.2) is 0 Å². The molecule has 0 aliphatic rings. The van der Waals surface area contributed by atoms with Crippen molar-refractivity contribution in [3.05, 3.63) is 0 Å². The lowest BCUT2D eigenvalue weighted by Gasteiger charge is -2.12. The van der Waals surface area contributed by atoms with Crippen LogP contribution in [-0.2, 0) is 4.74 Å². The molecule has 1 atom stereocenters. The SMILES string of the molecule is CCCCCCCCOCC(C)CNCCC. The van der Waals surface area contributed by atoms with E-state index < -0.39 is 0 Å². The molecule has 0 spiro atoms. The minimum atomic E-state index is 0.640. The fourth-order valence-electron chi connectivity index (χ4n) is 1.85. The number of rotatable bonds is 13. The lowest BCUT2D eigenvalue weighted by Crippen LogP contribution is -2.24. The third-order valence-corrected chi connectivity index (χ3v) is 2.96.